The molecular formula is C16H29NO5. The maximum absolute atomic E-state index is 12.0. The van der Waals surface area contributed by atoms with Crippen LogP contribution in [-0.4, -0.2) is 46.0 Å². The van der Waals surface area contributed by atoms with E-state index in [1.807, 2.05) is 0 Å². The molecule has 0 atom stereocenters. The van der Waals surface area contributed by atoms with Gasteiger partial charge in [-0.05, 0) is 6.42 Å². The Balaban J connectivity index is 3.98. The number of carboxylic acid groups (broad SMARTS) is 2. The predicted molar refractivity (Wildman–Crippen MR) is 83.7 cm³/mol. The van der Waals surface area contributed by atoms with E-state index in [0.717, 1.165) is 19.3 Å². The van der Waals surface area contributed by atoms with Crippen LogP contribution in [-0.2, 0) is 14.4 Å². The largest absolute Gasteiger partial charge is 0.481 e. The van der Waals surface area contributed by atoms with E-state index < -0.39 is 11.9 Å². The summed E-state index contributed by atoms with van der Waals surface area (Å²) in [6.07, 6.45) is 7.81. The lowest BCUT2D eigenvalue weighted by atomic mass is 10.1. The highest BCUT2D eigenvalue weighted by Crippen LogP contribution is 2.10. The van der Waals surface area contributed by atoms with E-state index in [4.69, 9.17) is 10.2 Å². The molecule has 0 radical (unpaired) electrons. The van der Waals surface area contributed by atoms with Crippen molar-refractivity contribution in [1.29, 1.82) is 0 Å². The van der Waals surface area contributed by atoms with Crippen molar-refractivity contribution in [2.24, 2.45) is 0 Å². The minimum absolute atomic E-state index is 0.0813. The van der Waals surface area contributed by atoms with Crippen LogP contribution in [0.25, 0.3) is 0 Å². The van der Waals surface area contributed by atoms with Gasteiger partial charge in [-0.3, -0.25) is 14.4 Å². The highest BCUT2D eigenvalue weighted by Gasteiger charge is 2.15. The Labute approximate surface area is 132 Å². The summed E-state index contributed by atoms with van der Waals surface area (Å²) in [5.41, 5.74) is 0. The molecule has 0 unspecified atom stereocenters. The predicted octanol–water partition coefficient (Wildman–Crippen LogP) is 2.91. The van der Waals surface area contributed by atoms with Crippen molar-refractivity contribution in [2.45, 2.75) is 71.1 Å². The fourth-order valence-electron chi connectivity index (χ4n) is 2.21. The van der Waals surface area contributed by atoms with Crippen molar-refractivity contribution in [2.75, 3.05) is 13.1 Å². The van der Waals surface area contributed by atoms with Crippen molar-refractivity contribution in [3.8, 4) is 0 Å². The summed E-state index contributed by atoms with van der Waals surface area (Å²) >= 11 is 0. The fourth-order valence-corrected chi connectivity index (χ4v) is 2.21. The molecule has 0 aromatic heterocycles. The Morgan fingerprint density at radius 3 is 1.64 bits per heavy atom. The van der Waals surface area contributed by atoms with Crippen LogP contribution >= 0.6 is 0 Å². The van der Waals surface area contributed by atoms with Gasteiger partial charge in [0.25, 0.3) is 0 Å². The van der Waals surface area contributed by atoms with Crippen LogP contribution in [0.2, 0.25) is 0 Å². The third-order valence-corrected chi connectivity index (χ3v) is 3.54. The summed E-state index contributed by atoms with van der Waals surface area (Å²) in [5, 5.41) is 17.4. The minimum atomic E-state index is -0.982. The van der Waals surface area contributed by atoms with Crippen LogP contribution in [0.4, 0.5) is 0 Å². The summed E-state index contributed by atoms with van der Waals surface area (Å²) in [5.74, 6) is -2.11. The molecule has 0 aromatic carbocycles. The minimum Gasteiger partial charge on any atom is -0.481 e. The molecule has 2 N–H and O–H groups in total. The van der Waals surface area contributed by atoms with Crippen LogP contribution in [0, 0.1) is 0 Å². The Morgan fingerprint density at radius 1 is 0.727 bits per heavy atom. The molecule has 0 bridgehead atoms. The molecule has 0 aliphatic heterocycles. The molecule has 0 aliphatic rings. The first-order chi connectivity index (χ1) is 10.5. The van der Waals surface area contributed by atoms with Crippen molar-refractivity contribution < 1.29 is 24.6 Å². The number of nitrogens with zero attached hydrogens (tertiary/aromatic N) is 1. The first-order valence-corrected chi connectivity index (χ1v) is 8.18. The number of amides is 1. The second-order valence-electron chi connectivity index (χ2n) is 5.54. The zero-order valence-corrected chi connectivity index (χ0v) is 13.6. The van der Waals surface area contributed by atoms with Gasteiger partial charge in [0.2, 0.25) is 5.91 Å². The molecule has 6 nitrogen and oxygen atoms in total. The molecule has 0 heterocycles. The number of carbonyl (C=O) groups excluding carboxylic acids is 1. The molecule has 0 saturated heterocycles. The molecule has 0 spiro atoms. The fraction of sp³-hybridized carbons (Fsp3) is 0.812. The second-order valence-corrected chi connectivity index (χ2v) is 5.54. The molecule has 128 valence electrons. The molecule has 22 heavy (non-hydrogen) atoms. The van der Waals surface area contributed by atoms with Crippen molar-refractivity contribution >= 4 is 17.8 Å². The number of hydrogen-bond donors (Lipinski definition) is 2. The lowest BCUT2D eigenvalue weighted by molar-refractivity contribution is -0.139. The number of carboxylic acids is 2. The molecule has 0 rings (SSSR count). The Bertz CT molecular complexity index is 325. The maximum atomic E-state index is 12.0. The van der Waals surface area contributed by atoms with Gasteiger partial charge < -0.3 is 15.1 Å². The lowest BCUT2D eigenvalue weighted by Crippen LogP contribution is -2.34. The first kappa shape index (κ1) is 20.4. The summed E-state index contributed by atoms with van der Waals surface area (Å²) < 4.78 is 0. The van der Waals surface area contributed by atoms with Gasteiger partial charge in [0.1, 0.15) is 0 Å². The van der Waals surface area contributed by atoms with Gasteiger partial charge in [0.15, 0.2) is 0 Å². The zero-order valence-electron chi connectivity index (χ0n) is 13.6. The molecule has 1 amide bonds. The average molecular weight is 315 g/mol. The number of hydrogen-bond acceptors (Lipinski definition) is 3. The van der Waals surface area contributed by atoms with Gasteiger partial charge in [-0.2, -0.15) is 0 Å². The molecule has 6 heteroatoms. The van der Waals surface area contributed by atoms with Crippen molar-refractivity contribution in [3.63, 3.8) is 0 Å². The molecule has 0 aromatic rings. The Kier molecular flexibility index (Phi) is 12.2. The number of unbranched alkanes of at least 4 members (excludes halogenated alkanes) is 6. The van der Waals surface area contributed by atoms with E-state index in [9.17, 15) is 14.4 Å². The number of rotatable bonds is 14. The van der Waals surface area contributed by atoms with Crippen LogP contribution in [0.3, 0.4) is 0 Å². The van der Waals surface area contributed by atoms with Gasteiger partial charge in [-0.1, -0.05) is 45.4 Å². The van der Waals surface area contributed by atoms with E-state index in [2.05, 4.69) is 6.92 Å². The third-order valence-electron chi connectivity index (χ3n) is 3.54. The third kappa shape index (κ3) is 12.2. The van der Waals surface area contributed by atoms with E-state index in [-0.39, 0.29) is 31.8 Å². The normalized spacial score (nSPS) is 10.4. The Morgan fingerprint density at radius 2 is 1.18 bits per heavy atom. The van der Waals surface area contributed by atoms with Crippen LogP contribution in [0.15, 0.2) is 0 Å². The number of carbonyl (C=O) groups is 3. The molecule has 0 fully saturated rings. The first-order valence-electron chi connectivity index (χ1n) is 8.18. The monoisotopic (exact) mass is 315 g/mol. The van der Waals surface area contributed by atoms with Gasteiger partial charge in [-0.15, -0.1) is 0 Å². The average Bonchev–Trinajstić information content (AvgIpc) is 2.45. The highest BCUT2D eigenvalue weighted by atomic mass is 16.4. The SMILES string of the molecule is CCCCCCCCCC(=O)N(CCC(=O)O)CCC(=O)O. The topological polar surface area (TPSA) is 94.9 Å². The van der Waals surface area contributed by atoms with E-state index in [1.54, 1.807) is 0 Å². The van der Waals surface area contributed by atoms with E-state index in [0.29, 0.717) is 6.42 Å². The van der Waals surface area contributed by atoms with Crippen LogP contribution in [0.1, 0.15) is 71.1 Å². The summed E-state index contributed by atoms with van der Waals surface area (Å²) in [6, 6.07) is 0. The molecule has 0 saturated carbocycles. The van der Waals surface area contributed by atoms with Crippen LogP contribution in [0.5, 0.6) is 0 Å². The quantitative estimate of drug-likeness (QED) is 0.481. The molecule has 0 aliphatic carbocycles. The standard InChI is InChI=1S/C16H29NO5/c1-2-3-4-5-6-7-8-9-14(18)17(12-10-15(19)20)13-11-16(21)22/h2-13H2,1H3,(H,19,20)(H,21,22). The number of aliphatic carboxylic acids is 2. The van der Waals surface area contributed by atoms with Gasteiger partial charge in [-0.25, -0.2) is 0 Å². The van der Waals surface area contributed by atoms with Crippen LogP contribution < -0.4 is 0 Å². The Hall–Kier alpha value is -1.59. The van der Waals surface area contributed by atoms with Gasteiger partial charge in [0.05, 0.1) is 12.8 Å². The second kappa shape index (κ2) is 13.1. The van der Waals surface area contributed by atoms with Gasteiger partial charge in [0, 0.05) is 19.5 Å². The lowest BCUT2D eigenvalue weighted by Gasteiger charge is -2.21. The smallest absolute Gasteiger partial charge is 0.305 e. The van der Waals surface area contributed by atoms with Crippen molar-refractivity contribution in [1.82, 2.24) is 4.90 Å². The maximum Gasteiger partial charge on any atom is 0.305 e. The summed E-state index contributed by atoms with van der Waals surface area (Å²) in [4.78, 5) is 34.6. The zero-order chi connectivity index (χ0) is 16.8. The molecular weight excluding hydrogens is 286 g/mol. The van der Waals surface area contributed by atoms with Crippen molar-refractivity contribution in [3.05, 3.63) is 0 Å². The summed E-state index contributed by atoms with van der Waals surface area (Å²) in [6.45, 7) is 2.33. The van der Waals surface area contributed by atoms with E-state index >= 15 is 0 Å². The highest BCUT2D eigenvalue weighted by molar-refractivity contribution is 5.77. The van der Waals surface area contributed by atoms with E-state index in [1.165, 1.54) is 30.6 Å². The summed E-state index contributed by atoms with van der Waals surface area (Å²) in [7, 11) is 0. The van der Waals surface area contributed by atoms with Gasteiger partial charge >= 0.3 is 11.9 Å².